The molecule has 1 aromatic heterocycles. The summed E-state index contributed by atoms with van der Waals surface area (Å²) >= 11 is 18.4. The molecule has 1 saturated heterocycles. The molecule has 0 saturated carbocycles. The van der Waals surface area contributed by atoms with Gasteiger partial charge in [0.25, 0.3) is 0 Å². The zero-order valence-corrected chi connectivity index (χ0v) is 19.7. The summed E-state index contributed by atoms with van der Waals surface area (Å²) in [6, 6.07) is 11.7. The van der Waals surface area contributed by atoms with E-state index < -0.39 is 3.79 Å². The third-order valence-corrected chi connectivity index (χ3v) is 6.13. The summed E-state index contributed by atoms with van der Waals surface area (Å²) in [5.74, 6) is 2.27. The molecule has 3 aromatic rings. The van der Waals surface area contributed by atoms with Crippen LogP contribution in [-0.2, 0) is 3.79 Å². The second-order valence-electron chi connectivity index (χ2n) is 7.79. The fourth-order valence-corrected chi connectivity index (χ4v) is 4.10. The Balaban J connectivity index is 1.71. The van der Waals surface area contributed by atoms with Crippen LogP contribution in [0.5, 0.6) is 5.75 Å². The third-order valence-electron chi connectivity index (χ3n) is 5.62. The second kappa shape index (κ2) is 9.33. The van der Waals surface area contributed by atoms with Gasteiger partial charge < -0.3 is 15.0 Å². The first kappa shape index (κ1) is 22.3. The fraction of sp³-hybridized carbons (Fsp3) is 0.409. The summed E-state index contributed by atoms with van der Waals surface area (Å²) < 4.78 is 3.74. The molecule has 0 atom stereocenters. The summed E-state index contributed by atoms with van der Waals surface area (Å²) in [6.45, 7) is 2.94. The first-order valence-electron chi connectivity index (χ1n) is 10.2. The number of hydrogen-bond acceptors (Lipinski definition) is 6. The van der Waals surface area contributed by atoms with E-state index in [1.54, 1.807) is 7.11 Å². The maximum atomic E-state index is 6.15. The first-order chi connectivity index (χ1) is 14.8. The number of halogens is 3. The summed E-state index contributed by atoms with van der Waals surface area (Å²) in [6.07, 6.45) is 2.25. The van der Waals surface area contributed by atoms with Gasteiger partial charge in [-0.15, -0.1) is 0 Å². The molecule has 4 rings (SSSR count). The number of fused-ring (bicyclic) bond motifs is 1. The number of alkyl halides is 3. The molecule has 0 spiro atoms. The van der Waals surface area contributed by atoms with E-state index in [9.17, 15) is 0 Å². The van der Waals surface area contributed by atoms with Crippen molar-refractivity contribution >= 4 is 51.5 Å². The smallest absolute Gasteiger partial charge is 0.250 e. The van der Waals surface area contributed by atoms with Gasteiger partial charge in [0, 0.05) is 17.5 Å². The van der Waals surface area contributed by atoms with E-state index in [4.69, 9.17) is 39.5 Å². The summed E-state index contributed by atoms with van der Waals surface area (Å²) in [5, 5.41) is 5.25. The molecule has 9 heteroatoms. The van der Waals surface area contributed by atoms with Gasteiger partial charge >= 0.3 is 0 Å². The number of likely N-dealkylation sites (tertiary alicyclic amines) is 1. The average Bonchev–Trinajstić information content (AvgIpc) is 2.77. The number of hydrogen-bond donors (Lipinski definition) is 1. The molecule has 2 heterocycles. The van der Waals surface area contributed by atoms with Crippen molar-refractivity contribution in [2.75, 3.05) is 39.1 Å². The maximum Gasteiger partial charge on any atom is 0.250 e. The quantitative estimate of drug-likeness (QED) is 0.501. The van der Waals surface area contributed by atoms with Crippen LogP contribution in [0.15, 0.2) is 36.4 Å². The predicted molar refractivity (Wildman–Crippen MR) is 127 cm³/mol. The van der Waals surface area contributed by atoms with E-state index in [0.29, 0.717) is 17.7 Å². The highest BCUT2D eigenvalue weighted by Crippen LogP contribution is 2.38. The molecule has 31 heavy (non-hydrogen) atoms. The Morgan fingerprint density at radius 2 is 1.74 bits per heavy atom. The van der Waals surface area contributed by atoms with E-state index in [2.05, 4.69) is 32.2 Å². The Hall–Kier alpha value is -1.86. The maximum absolute atomic E-state index is 6.15. The van der Waals surface area contributed by atoms with E-state index >= 15 is 0 Å². The van der Waals surface area contributed by atoms with Gasteiger partial charge in [0.15, 0.2) is 11.6 Å². The summed E-state index contributed by atoms with van der Waals surface area (Å²) in [7, 11) is 3.80. The van der Waals surface area contributed by atoms with Crippen molar-refractivity contribution in [3.63, 3.8) is 0 Å². The number of ether oxygens (including phenoxy) is 1. The van der Waals surface area contributed by atoms with E-state index in [-0.39, 0.29) is 5.82 Å². The highest BCUT2D eigenvalue weighted by atomic mass is 35.6. The molecule has 0 bridgehead atoms. The van der Waals surface area contributed by atoms with E-state index in [1.807, 2.05) is 36.4 Å². The Bertz CT molecular complexity index is 1060. The van der Waals surface area contributed by atoms with Crippen molar-refractivity contribution in [1.82, 2.24) is 19.9 Å². The minimum atomic E-state index is -1.76. The molecule has 1 fully saturated rings. The van der Waals surface area contributed by atoms with Gasteiger partial charge in [0.05, 0.1) is 7.11 Å². The van der Waals surface area contributed by atoms with Crippen LogP contribution >= 0.6 is 34.8 Å². The van der Waals surface area contributed by atoms with Gasteiger partial charge in [0.1, 0.15) is 5.75 Å². The van der Waals surface area contributed by atoms with E-state index in [0.717, 1.165) is 54.6 Å². The van der Waals surface area contributed by atoms with Gasteiger partial charge in [-0.25, -0.2) is 4.98 Å². The minimum Gasteiger partial charge on any atom is -0.496 e. The van der Waals surface area contributed by atoms with E-state index in [1.165, 1.54) is 0 Å². The highest BCUT2D eigenvalue weighted by molar-refractivity contribution is 6.66. The van der Waals surface area contributed by atoms with Gasteiger partial charge in [-0.3, -0.25) is 0 Å². The van der Waals surface area contributed by atoms with Gasteiger partial charge in [0.2, 0.25) is 9.74 Å². The van der Waals surface area contributed by atoms with Crippen molar-refractivity contribution in [2.45, 2.75) is 16.6 Å². The first-order valence-corrected chi connectivity index (χ1v) is 11.3. The van der Waals surface area contributed by atoms with Crippen molar-refractivity contribution < 1.29 is 4.74 Å². The van der Waals surface area contributed by atoms with Crippen LogP contribution < -0.4 is 10.1 Å². The second-order valence-corrected chi connectivity index (χ2v) is 10.1. The molecule has 1 N–H and O–H groups in total. The largest absolute Gasteiger partial charge is 0.496 e. The molecule has 0 aliphatic carbocycles. The lowest BCUT2D eigenvalue weighted by Gasteiger charge is -2.29. The van der Waals surface area contributed by atoms with Gasteiger partial charge in [-0.2, -0.15) is 9.97 Å². The van der Waals surface area contributed by atoms with Crippen molar-refractivity contribution in [2.24, 2.45) is 5.92 Å². The van der Waals surface area contributed by atoms with Crippen LogP contribution in [0.1, 0.15) is 18.7 Å². The van der Waals surface area contributed by atoms with Gasteiger partial charge in [-0.1, -0.05) is 59.1 Å². The standard InChI is InChI=1S/C22H24Cl3N5O/c1-30-11-9-14(10-12-30)13-26-21-28-19(27-20(29-21)22(23,24)25)17-7-8-18(31-2)16-6-4-3-5-15(16)17/h3-8,14H,9-13H2,1-2H3,(H,26,27,28,29). The van der Waals surface area contributed by atoms with Crippen LogP contribution in [0.3, 0.4) is 0 Å². The molecule has 6 nitrogen and oxygen atoms in total. The lowest BCUT2D eigenvalue weighted by atomic mass is 9.97. The topological polar surface area (TPSA) is 63.2 Å². The number of methoxy groups -OCH3 is 1. The number of anilines is 1. The third kappa shape index (κ3) is 5.14. The number of nitrogens with one attached hydrogen (secondary N) is 1. The monoisotopic (exact) mass is 479 g/mol. The zero-order chi connectivity index (χ0) is 22.0. The SMILES string of the molecule is COc1ccc(-c2nc(NCC3CCN(C)CC3)nc(C(Cl)(Cl)Cl)n2)c2ccccc12. The average molecular weight is 481 g/mol. The molecular formula is C22H24Cl3N5O. The van der Waals surface area contributed by atoms with Crippen LogP contribution in [0.4, 0.5) is 5.95 Å². The van der Waals surface area contributed by atoms with Crippen LogP contribution in [0, 0.1) is 5.92 Å². The predicted octanol–water partition coefficient (Wildman–Crippen LogP) is 5.28. The highest BCUT2D eigenvalue weighted by Gasteiger charge is 2.29. The molecule has 164 valence electrons. The minimum absolute atomic E-state index is 0.0910. The fourth-order valence-electron chi connectivity index (χ4n) is 3.85. The summed E-state index contributed by atoms with van der Waals surface area (Å²) in [4.78, 5) is 15.9. The Morgan fingerprint density at radius 3 is 2.42 bits per heavy atom. The van der Waals surface area contributed by atoms with Gasteiger partial charge in [-0.05, 0) is 56.4 Å². The van der Waals surface area contributed by atoms with Crippen molar-refractivity contribution in [3.8, 4) is 17.1 Å². The van der Waals surface area contributed by atoms with Crippen LogP contribution in [-0.4, -0.2) is 53.6 Å². The molecule has 0 radical (unpaired) electrons. The van der Waals surface area contributed by atoms with Crippen LogP contribution in [0.25, 0.3) is 22.2 Å². The molecule has 0 amide bonds. The Labute approximate surface area is 196 Å². The zero-order valence-electron chi connectivity index (χ0n) is 17.4. The molecule has 2 aromatic carbocycles. The van der Waals surface area contributed by atoms with Crippen LogP contribution in [0.2, 0.25) is 0 Å². The molecule has 1 aliphatic heterocycles. The number of benzene rings is 2. The number of nitrogens with zero attached hydrogens (tertiary/aromatic N) is 4. The summed E-state index contributed by atoms with van der Waals surface area (Å²) in [5.41, 5.74) is 0.816. The molecule has 0 unspecified atom stereocenters. The normalized spacial score (nSPS) is 15.9. The van der Waals surface area contributed by atoms with Crippen molar-refractivity contribution in [1.29, 1.82) is 0 Å². The lowest BCUT2D eigenvalue weighted by Crippen LogP contribution is -2.33. The lowest BCUT2D eigenvalue weighted by molar-refractivity contribution is 0.226. The number of piperidine rings is 1. The number of rotatable bonds is 5. The molecule has 1 aliphatic rings. The Morgan fingerprint density at radius 1 is 1.03 bits per heavy atom. The number of aromatic nitrogens is 3. The Kier molecular flexibility index (Phi) is 6.72. The van der Waals surface area contributed by atoms with Crippen molar-refractivity contribution in [3.05, 3.63) is 42.2 Å². The molecular weight excluding hydrogens is 457 g/mol.